The summed E-state index contributed by atoms with van der Waals surface area (Å²) in [6.45, 7) is 1.39. The third-order valence-electron chi connectivity index (χ3n) is 5.73. The second kappa shape index (κ2) is 8.44. The zero-order valence-electron chi connectivity index (χ0n) is 17.2. The number of aromatic amines is 1. The molecule has 1 amide bonds. The van der Waals surface area contributed by atoms with Gasteiger partial charge in [-0.3, -0.25) is 9.89 Å². The van der Waals surface area contributed by atoms with Gasteiger partial charge in [-0.25, -0.2) is 0 Å². The zero-order chi connectivity index (χ0) is 21.0. The summed E-state index contributed by atoms with van der Waals surface area (Å²) < 4.78 is 0. The van der Waals surface area contributed by atoms with E-state index in [0.29, 0.717) is 6.54 Å². The second-order valence-corrected chi connectivity index (χ2v) is 7.71. The van der Waals surface area contributed by atoms with Crippen molar-refractivity contribution in [3.05, 3.63) is 107 Å². The van der Waals surface area contributed by atoms with Crippen molar-refractivity contribution < 1.29 is 4.79 Å². The number of hydrogen-bond acceptors (Lipinski definition) is 2. The van der Waals surface area contributed by atoms with E-state index in [-0.39, 0.29) is 5.91 Å². The number of fused-ring (bicyclic) bond motifs is 1. The summed E-state index contributed by atoms with van der Waals surface area (Å²) in [5.41, 5.74) is 6.25. The van der Waals surface area contributed by atoms with Crippen LogP contribution in [-0.2, 0) is 0 Å². The number of rotatable bonds is 4. The molecule has 0 saturated heterocycles. The fourth-order valence-corrected chi connectivity index (χ4v) is 3.97. The molecule has 3 aromatic carbocycles. The van der Waals surface area contributed by atoms with Crippen LogP contribution in [0.2, 0.25) is 0 Å². The molecule has 4 heteroatoms. The highest BCUT2D eigenvalue weighted by atomic mass is 16.2. The van der Waals surface area contributed by atoms with Crippen molar-refractivity contribution in [3.63, 3.8) is 0 Å². The molecule has 1 aliphatic heterocycles. The molecule has 5 rings (SSSR count). The minimum atomic E-state index is 0.0807. The van der Waals surface area contributed by atoms with Crippen molar-refractivity contribution in [1.29, 1.82) is 0 Å². The van der Waals surface area contributed by atoms with E-state index in [9.17, 15) is 4.79 Å². The Morgan fingerprint density at radius 2 is 1.68 bits per heavy atom. The van der Waals surface area contributed by atoms with E-state index in [0.717, 1.165) is 40.7 Å². The van der Waals surface area contributed by atoms with E-state index < -0.39 is 0 Å². The van der Waals surface area contributed by atoms with Crippen molar-refractivity contribution >= 4 is 34.5 Å². The topological polar surface area (TPSA) is 49.0 Å². The summed E-state index contributed by atoms with van der Waals surface area (Å²) >= 11 is 0. The summed E-state index contributed by atoms with van der Waals surface area (Å²) in [7, 11) is 0. The van der Waals surface area contributed by atoms with Gasteiger partial charge in [-0.1, -0.05) is 72.8 Å². The Balaban J connectivity index is 1.26. The fraction of sp³-hybridized carbons (Fsp3) is 0.111. The van der Waals surface area contributed by atoms with Gasteiger partial charge in [0.1, 0.15) is 0 Å². The molecule has 4 nitrogen and oxygen atoms in total. The number of nitrogens with zero attached hydrogens (tertiary/aromatic N) is 2. The molecule has 0 bridgehead atoms. The number of carbonyl (C=O) groups excluding carboxylic acids is 1. The van der Waals surface area contributed by atoms with Crippen LogP contribution in [0.4, 0.5) is 0 Å². The Morgan fingerprint density at radius 3 is 2.45 bits per heavy atom. The third-order valence-corrected chi connectivity index (χ3v) is 5.73. The normalized spacial score (nSPS) is 14.2. The maximum absolute atomic E-state index is 12.9. The van der Waals surface area contributed by atoms with Gasteiger partial charge < -0.3 is 4.90 Å². The van der Waals surface area contributed by atoms with Crippen LogP contribution in [0.15, 0.2) is 84.9 Å². The summed E-state index contributed by atoms with van der Waals surface area (Å²) in [5.74, 6) is 0.0807. The molecule has 0 spiro atoms. The van der Waals surface area contributed by atoms with Crippen molar-refractivity contribution in [2.75, 3.05) is 13.1 Å². The number of amides is 1. The third kappa shape index (κ3) is 4.05. The molecule has 0 fully saturated rings. The van der Waals surface area contributed by atoms with Crippen LogP contribution < -0.4 is 0 Å². The van der Waals surface area contributed by atoms with E-state index in [2.05, 4.69) is 46.6 Å². The molecule has 0 radical (unpaired) electrons. The lowest BCUT2D eigenvalue weighted by Crippen LogP contribution is -2.34. The number of benzene rings is 3. The minimum Gasteiger partial charge on any atom is -0.335 e. The summed E-state index contributed by atoms with van der Waals surface area (Å²) in [5, 5.41) is 8.51. The van der Waals surface area contributed by atoms with Gasteiger partial charge in [0.25, 0.3) is 5.91 Å². The van der Waals surface area contributed by atoms with Crippen LogP contribution in [0.1, 0.15) is 33.6 Å². The van der Waals surface area contributed by atoms with Crippen molar-refractivity contribution in [3.8, 4) is 0 Å². The van der Waals surface area contributed by atoms with Crippen LogP contribution in [0.25, 0.3) is 28.6 Å². The summed E-state index contributed by atoms with van der Waals surface area (Å²) in [4.78, 5) is 14.8. The van der Waals surface area contributed by atoms with Crippen LogP contribution in [0.3, 0.4) is 0 Å². The maximum Gasteiger partial charge on any atom is 0.254 e. The van der Waals surface area contributed by atoms with Crippen molar-refractivity contribution in [1.82, 2.24) is 15.1 Å². The lowest BCUT2D eigenvalue weighted by Gasteiger charge is -2.26. The lowest BCUT2D eigenvalue weighted by molar-refractivity contribution is 0.0773. The predicted molar refractivity (Wildman–Crippen MR) is 126 cm³/mol. The van der Waals surface area contributed by atoms with Gasteiger partial charge in [-0.05, 0) is 47.4 Å². The van der Waals surface area contributed by atoms with Gasteiger partial charge in [0.15, 0.2) is 0 Å². The molecule has 1 aromatic heterocycles. The number of aromatic nitrogens is 2. The van der Waals surface area contributed by atoms with Gasteiger partial charge >= 0.3 is 0 Å². The second-order valence-electron chi connectivity index (χ2n) is 7.71. The first-order valence-electron chi connectivity index (χ1n) is 10.5. The van der Waals surface area contributed by atoms with E-state index in [1.54, 1.807) is 0 Å². The van der Waals surface area contributed by atoms with Crippen LogP contribution in [0.5, 0.6) is 0 Å². The Morgan fingerprint density at radius 1 is 0.903 bits per heavy atom. The minimum absolute atomic E-state index is 0.0807. The maximum atomic E-state index is 12.9. The highest BCUT2D eigenvalue weighted by molar-refractivity contribution is 5.95. The summed E-state index contributed by atoms with van der Waals surface area (Å²) in [6.07, 6.45) is 7.07. The Labute approximate surface area is 181 Å². The average Bonchev–Trinajstić information content (AvgIpc) is 3.26. The summed E-state index contributed by atoms with van der Waals surface area (Å²) in [6, 6.07) is 26.2. The van der Waals surface area contributed by atoms with Crippen molar-refractivity contribution in [2.45, 2.75) is 6.42 Å². The number of hydrogen-bond donors (Lipinski definition) is 1. The molecule has 0 unspecified atom stereocenters. The lowest BCUT2D eigenvalue weighted by atomic mass is 9.99. The molecular weight excluding hydrogens is 382 g/mol. The largest absolute Gasteiger partial charge is 0.335 e. The SMILES string of the molecule is O=C(c1ccc(C=Cc2n[nH]c3ccccc23)cc1)N1CC=C(c2ccccc2)CC1. The van der Waals surface area contributed by atoms with Gasteiger partial charge in [-0.2, -0.15) is 5.10 Å². The molecule has 152 valence electrons. The predicted octanol–water partition coefficient (Wildman–Crippen LogP) is 5.66. The Kier molecular flexibility index (Phi) is 5.19. The fourth-order valence-electron chi connectivity index (χ4n) is 3.97. The first-order valence-corrected chi connectivity index (χ1v) is 10.5. The van der Waals surface area contributed by atoms with Gasteiger partial charge in [0, 0.05) is 24.0 Å². The van der Waals surface area contributed by atoms with Crippen LogP contribution >= 0.6 is 0 Å². The number of carbonyl (C=O) groups is 1. The van der Waals surface area contributed by atoms with Gasteiger partial charge in [-0.15, -0.1) is 0 Å². The number of H-pyrrole nitrogens is 1. The van der Waals surface area contributed by atoms with Gasteiger partial charge in [0.2, 0.25) is 0 Å². The highest BCUT2D eigenvalue weighted by Gasteiger charge is 2.19. The van der Waals surface area contributed by atoms with Gasteiger partial charge in [0.05, 0.1) is 11.2 Å². The van der Waals surface area contributed by atoms with Crippen molar-refractivity contribution in [2.24, 2.45) is 0 Å². The van der Waals surface area contributed by atoms with E-state index in [1.165, 1.54) is 11.1 Å². The molecule has 1 aliphatic rings. The molecule has 0 saturated carbocycles. The standard InChI is InChI=1S/C27H23N3O/c31-27(30-18-16-22(17-19-30)21-6-2-1-3-7-21)23-13-10-20(11-14-23)12-15-26-24-8-4-5-9-25(24)28-29-26/h1-16H,17-19H2,(H,28,29). The molecule has 4 aromatic rings. The average molecular weight is 406 g/mol. The highest BCUT2D eigenvalue weighted by Crippen LogP contribution is 2.23. The molecule has 31 heavy (non-hydrogen) atoms. The molecule has 1 N–H and O–H groups in total. The van der Waals surface area contributed by atoms with E-state index >= 15 is 0 Å². The smallest absolute Gasteiger partial charge is 0.254 e. The molecular formula is C27H23N3O. The quantitative estimate of drug-likeness (QED) is 0.476. The van der Waals surface area contributed by atoms with E-state index in [1.807, 2.05) is 65.6 Å². The monoisotopic (exact) mass is 405 g/mol. The molecule has 2 heterocycles. The van der Waals surface area contributed by atoms with E-state index in [4.69, 9.17) is 0 Å². The van der Waals surface area contributed by atoms with Crippen LogP contribution in [-0.4, -0.2) is 34.1 Å². The number of para-hydroxylation sites is 1. The first-order chi connectivity index (χ1) is 15.3. The molecule has 0 aliphatic carbocycles. The number of nitrogens with one attached hydrogen (secondary N) is 1. The first kappa shape index (κ1) is 19.1. The Hall–Kier alpha value is -3.92. The Bertz CT molecular complexity index is 1270. The zero-order valence-corrected chi connectivity index (χ0v) is 17.2. The van der Waals surface area contributed by atoms with Crippen LogP contribution in [0, 0.1) is 0 Å². The molecule has 0 atom stereocenters.